The highest BCUT2D eigenvalue weighted by atomic mass is 19.2. The fourth-order valence-corrected chi connectivity index (χ4v) is 5.07. The Kier molecular flexibility index (Phi) is 4.25. The molecule has 4 rings (SSSR count). The fraction of sp³-hybridized carbons (Fsp3) is 0.684. The lowest BCUT2D eigenvalue weighted by atomic mass is 9.66. The van der Waals surface area contributed by atoms with E-state index in [1.165, 1.54) is 18.6 Å². The smallest absolute Gasteiger partial charge is 0.160 e. The minimum Gasteiger partial charge on any atom is -0.384 e. The molecule has 3 fully saturated rings. The topological polar surface area (TPSA) is 30.5 Å². The van der Waals surface area contributed by atoms with Gasteiger partial charge >= 0.3 is 0 Å². The third kappa shape index (κ3) is 2.72. The molecule has 0 amide bonds. The minimum atomic E-state index is -0.799. The van der Waals surface area contributed by atoms with Gasteiger partial charge in [0.25, 0.3) is 0 Å². The lowest BCUT2D eigenvalue weighted by Gasteiger charge is -2.46. The van der Waals surface area contributed by atoms with Crippen LogP contribution in [0.25, 0.3) is 0 Å². The molecule has 2 saturated carbocycles. The van der Waals surface area contributed by atoms with E-state index in [1.807, 2.05) is 0 Å². The third-order valence-corrected chi connectivity index (χ3v) is 6.31. The number of anilines is 1. The molecule has 2 aliphatic carbocycles. The van der Waals surface area contributed by atoms with Gasteiger partial charge in [0.2, 0.25) is 0 Å². The SMILES string of the molecule is COCC1CCC2(CC2Nc2ccc(F)c(F)c2)C2CCCOC12. The van der Waals surface area contributed by atoms with Gasteiger partial charge in [0, 0.05) is 37.4 Å². The zero-order valence-electron chi connectivity index (χ0n) is 14.1. The molecule has 1 aromatic rings. The largest absolute Gasteiger partial charge is 0.384 e. The standard InChI is InChI=1S/C19H25F2NO2/c1-23-11-12-6-7-19(14-3-2-8-24-18(12)14)10-17(19)22-13-4-5-15(20)16(21)9-13/h4-5,9,12,14,17-18,22H,2-3,6-8,10-11H2,1H3. The molecule has 3 nitrogen and oxygen atoms in total. The lowest BCUT2D eigenvalue weighted by Crippen LogP contribution is -2.47. The molecule has 1 spiro atoms. The molecule has 5 atom stereocenters. The van der Waals surface area contributed by atoms with Crippen molar-refractivity contribution in [2.45, 2.75) is 44.2 Å². The number of halogens is 2. The normalized spacial score (nSPS) is 38.0. The predicted molar refractivity (Wildman–Crippen MR) is 87.9 cm³/mol. The van der Waals surface area contributed by atoms with E-state index >= 15 is 0 Å². The molecule has 132 valence electrons. The van der Waals surface area contributed by atoms with E-state index in [9.17, 15) is 8.78 Å². The van der Waals surface area contributed by atoms with Crippen molar-refractivity contribution in [1.82, 2.24) is 0 Å². The molecule has 1 heterocycles. The molecule has 0 radical (unpaired) electrons. The van der Waals surface area contributed by atoms with Gasteiger partial charge in [0.15, 0.2) is 11.6 Å². The van der Waals surface area contributed by atoms with Crippen molar-refractivity contribution in [2.75, 3.05) is 25.6 Å². The van der Waals surface area contributed by atoms with E-state index in [-0.39, 0.29) is 11.5 Å². The lowest BCUT2D eigenvalue weighted by molar-refractivity contribution is -0.122. The quantitative estimate of drug-likeness (QED) is 0.901. The molecule has 3 aliphatic rings. The number of fused-ring (bicyclic) bond motifs is 2. The average molecular weight is 337 g/mol. The van der Waals surface area contributed by atoms with E-state index < -0.39 is 11.6 Å². The van der Waals surface area contributed by atoms with Gasteiger partial charge in [-0.15, -0.1) is 0 Å². The van der Waals surface area contributed by atoms with Gasteiger partial charge in [-0.3, -0.25) is 0 Å². The van der Waals surface area contributed by atoms with E-state index in [4.69, 9.17) is 9.47 Å². The van der Waals surface area contributed by atoms with Crippen molar-refractivity contribution < 1.29 is 18.3 Å². The number of rotatable bonds is 4. The van der Waals surface area contributed by atoms with Gasteiger partial charge in [-0.2, -0.15) is 0 Å². The number of benzene rings is 1. The Balaban J connectivity index is 1.48. The first-order valence-electron chi connectivity index (χ1n) is 8.96. The van der Waals surface area contributed by atoms with Crippen LogP contribution in [-0.4, -0.2) is 32.5 Å². The maximum Gasteiger partial charge on any atom is 0.160 e. The highest BCUT2D eigenvalue weighted by molar-refractivity contribution is 5.47. The second kappa shape index (κ2) is 6.26. The molecule has 0 bridgehead atoms. The van der Waals surface area contributed by atoms with Crippen LogP contribution in [0.1, 0.15) is 32.1 Å². The Hall–Kier alpha value is -1.20. The Morgan fingerprint density at radius 3 is 2.96 bits per heavy atom. The van der Waals surface area contributed by atoms with Crippen molar-refractivity contribution in [1.29, 1.82) is 0 Å². The van der Waals surface area contributed by atoms with Crippen LogP contribution < -0.4 is 5.32 Å². The molecule has 1 N–H and O–H groups in total. The summed E-state index contributed by atoms with van der Waals surface area (Å²) in [6.07, 6.45) is 5.96. The van der Waals surface area contributed by atoms with Crippen LogP contribution in [-0.2, 0) is 9.47 Å². The van der Waals surface area contributed by atoms with Crippen molar-refractivity contribution in [3.05, 3.63) is 29.8 Å². The first-order chi connectivity index (χ1) is 11.6. The average Bonchev–Trinajstić information content (AvgIpc) is 3.27. The summed E-state index contributed by atoms with van der Waals surface area (Å²) in [5.74, 6) is -0.567. The molecule has 1 aliphatic heterocycles. The summed E-state index contributed by atoms with van der Waals surface area (Å²) in [6.45, 7) is 1.61. The van der Waals surface area contributed by atoms with E-state index in [1.54, 1.807) is 13.2 Å². The van der Waals surface area contributed by atoms with Gasteiger partial charge in [-0.05, 0) is 55.6 Å². The molecule has 1 saturated heterocycles. The Labute approximate surface area is 141 Å². The van der Waals surface area contributed by atoms with Gasteiger partial charge in [-0.25, -0.2) is 8.78 Å². The van der Waals surface area contributed by atoms with Crippen LogP contribution in [0.15, 0.2) is 18.2 Å². The van der Waals surface area contributed by atoms with Gasteiger partial charge in [0.1, 0.15) is 0 Å². The molecular formula is C19H25F2NO2. The summed E-state index contributed by atoms with van der Waals surface area (Å²) in [5, 5.41) is 3.43. The highest BCUT2D eigenvalue weighted by Crippen LogP contribution is 2.63. The van der Waals surface area contributed by atoms with Crippen molar-refractivity contribution in [3.63, 3.8) is 0 Å². The Morgan fingerprint density at radius 1 is 1.29 bits per heavy atom. The summed E-state index contributed by atoms with van der Waals surface area (Å²) < 4.78 is 38.1. The Morgan fingerprint density at radius 2 is 2.17 bits per heavy atom. The highest BCUT2D eigenvalue weighted by Gasteiger charge is 2.63. The van der Waals surface area contributed by atoms with Crippen molar-refractivity contribution in [3.8, 4) is 0 Å². The van der Waals surface area contributed by atoms with Crippen LogP contribution in [0.4, 0.5) is 14.5 Å². The van der Waals surface area contributed by atoms with E-state index in [0.717, 1.165) is 38.9 Å². The van der Waals surface area contributed by atoms with Crippen LogP contribution in [0.5, 0.6) is 0 Å². The monoisotopic (exact) mass is 337 g/mol. The van der Waals surface area contributed by atoms with Crippen molar-refractivity contribution >= 4 is 5.69 Å². The summed E-state index contributed by atoms with van der Waals surface area (Å²) >= 11 is 0. The number of methoxy groups -OCH3 is 1. The molecule has 5 heteroatoms. The molecular weight excluding hydrogens is 312 g/mol. The summed E-state index contributed by atoms with van der Waals surface area (Å²) in [5.41, 5.74) is 0.920. The molecule has 24 heavy (non-hydrogen) atoms. The maximum atomic E-state index is 13.4. The molecule has 1 aromatic carbocycles. The fourth-order valence-electron chi connectivity index (χ4n) is 5.07. The van der Waals surface area contributed by atoms with Crippen LogP contribution in [0.3, 0.4) is 0 Å². The van der Waals surface area contributed by atoms with Crippen molar-refractivity contribution in [2.24, 2.45) is 17.3 Å². The first-order valence-corrected chi connectivity index (χ1v) is 8.96. The van der Waals surface area contributed by atoms with E-state index in [2.05, 4.69) is 5.32 Å². The first kappa shape index (κ1) is 16.3. The van der Waals surface area contributed by atoms with Crippen LogP contribution in [0, 0.1) is 28.9 Å². The molecule has 5 unspecified atom stereocenters. The summed E-state index contributed by atoms with van der Waals surface area (Å²) in [6, 6.07) is 4.40. The maximum absolute atomic E-state index is 13.4. The summed E-state index contributed by atoms with van der Waals surface area (Å²) in [4.78, 5) is 0. The van der Waals surface area contributed by atoms with E-state index in [0.29, 0.717) is 23.6 Å². The van der Waals surface area contributed by atoms with Gasteiger partial charge in [-0.1, -0.05) is 0 Å². The summed E-state index contributed by atoms with van der Waals surface area (Å²) in [7, 11) is 1.76. The number of hydrogen-bond donors (Lipinski definition) is 1. The second-order valence-corrected chi connectivity index (χ2v) is 7.60. The zero-order chi connectivity index (χ0) is 16.7. The number of nitrogens with one attached hydrogen (secondary N) is 1. The predicted octanol–water partition coefficient (Wildman–Crippen LogP) is 3.99. The zero-order valence-corrected chi connectivity index (χ0v) is 14.1. The second-order valence-electron chi connectivity index (χ2n) is 7.60. The minimum absolute atomic E-state index is 0.250. The third-order valence-electron chi connectivity index (χ3n) is 6.31. The number of hydrogen-bond acceptors (Lipinski definition) is 3. The van der Waals surface area contributed by atoms with Gasteiger partial charge < -0.3 is 14.8 Å². The van der Waals surface area contributed by atoms with Crippen LogP contribution in [0.2, 0.25) is 0 Å². The number of ether oxygens (including phenoxy) is 2. The molecule has 0 aromatic heterocycles. The van der Waals surface area contributed by atoms with Crippen LogP contribution >= 0.6 is 0 Å². The van der Waals surface area contributed by atoms with Gasteiger partial charge in [0.05, 0.1) is 12.7 Å². The Bertz CT molecular complexity index is 611.